The molecule has 0 spiro atoms. The number of amides is 1. The van der Waals surface area contributed by atoms with Crippen LogP contribution in [0.3, 0.4) is 0 Å². The van der Waals surface area contributed by atoms with Gasteiger partial charge in [0.15, 0.2) is 17.4 Å². The fraction of sp³-hybridized carbons (Fsp3) is 0.333. The number of carbonyl (C=O) groups is 2. The van der Waals surface area contributed by atoms with E-state index >= 15 is 0 Å². The summed E-state index contributed by atoms with van der Waals surface area (Å²) in [5.74, 6) is -0.606. The number of nitrogens with one attached hydrogen (secondary N) is 2. The van der Waals surface area contributed by atoms with E-state index in [0.29, 0.717) is 22.3 Å². The number of para-hydroxylation sites is 1. The molecule has 2 aromatic rings. The van der Waals surface area contributed by atoms with Gasteiger partial charge in [-0.15, -0.1) is 11.3 Å². The van der Waals surface area contributed by atoms with Crippen molar-refractivity contribution in [1.82, 2.24) is 4.98 Å². The molecule has 0 aliphatic heterocycles. The third-order valence-corrected chi connectivity index (χ3v) is 4.17. The quantitative estimate of drug-likeness (QED) is 0.689. The number of hydrogen-bond donors (Lipinski definition) is 2. The van der Waals surface area contributed by atoms with Gasteiger partial charge in [0.25, 0.3) is 5.91 Å². The molecule has 0 saturated heterocycles. The van der Waals surface area contributed by atoms with Crippen LogP contribution in [0.5, 0.6) is 0 Å². The van der Waals surface area contributed by atoms with Gasteiger partial charge in [-0.05, 0) is 24.5 Å². The lowest BCUT2D eigenvalue weighted by molar-refractivity contribution is -0.119. The van der Waals surface area contributed by atoms with Crippen molar-refractivity contribution in [2.24, 2.45) is 5.92 Å². The van der Waals surface area contributed by atoms with Gasteiger partial charge in [0.2, 0.25) is 0 Å². The molecule has 7 nitrogen and oxygen atoms in total. The van der Waals surface area contributed by atoms with Crippen LogP contribution in [0, 0.1) is 17.2 Å². The summed E-state index contributed by atoms with van der Waals surface area (Å²) in [5.41, 5.74) is 0.873. The second-order valence-electron chi connectivity index (χ2n) is 5.93. The van der Waals surface area contributed by atoms with Crippen LogP contribution >= 0.6 is 11.3 Å². The van der Waals surface area contributed by atoms with Gasteiger partial charge in [0.1, 0.15) is 6.07 Å². The number of nitrogens with zero attached hydrogens (tertiary/aromatic N) is 2. The van der Waals surface area contributed by atoms with Crippen LogP contribution in [0.2, 0.25) is 0 Å². The summed E-state index contributed by atoms with van der Waals surface area (Å²) < 4.78 is 4.97. The van der Waals surface area contributed by atoms with Crippen molar-refractivity contribution in [3.05, 3.63) is 40.9 Å². The number of esters is 1. The Balaban J connectivity index is 1.82. The number of thiazole rings is 1. The fourth-order valence-electron chi connectivity index (χ4n) is 2.00. The standard InChI is InChI=1S/C18H20N4O3S/c1-12(2)7-8-20-18-22-15(11-26-18)17(24)25-10-16(23)21-14-6-4-3-5-13(14)9-19/h3-6,11-12H,7-8,10H2,1-2H3,(H,20,22)(H,21,23). The van der Waals surface area contributed by atoms with E-state index in [9.17, 15) is 9.59 Å². The second-order valence-corrected chi connectivity index (χ2v) is 6.79. The maximum Gasteiger partial charge on any atom is 0.358 e. The minimum atomic E-state index is -0.665. The Hall–Kier alpha value is -2.92. The monoisotopic (exact) mass is 372 g/mol. The molecule has 2 rings (SSSR count). The summed E-state index contributed by atoms with van der Waals surface area (Å²) in [6, 6.07) is 8.57. The van der Waals surface area contributed by atoms with Crippen LogP contribution in [0.15, 0.2) is 29.6 Å². The number of hydrogen-bond acceptors (Lipinski definition) is 7. The highest BCUT2D eigenvalue weighted by Gasteiger charge is 2.15. The van der Waals surface area contributed by atoms with E-state index in [-0.39, 0.29) is 5.69 Å². The van der Waals surface area contributed by atoms with E-state index in [1.54, 1.807) is 29.6 Å². The van der Waals surface area contributed by atoms with Gasteiger partial charge in [-0.3, -0.25) is 4.79 Å². The first-order valence-corrected chi connectivity index (χ1v) is 9.03. The summed E-state index contributed by atoms with van der Waals surface area (Å²) in [6.07, 6.45) is 1.00. The largest absolute Gasteiger partial charge is 0.451 e. The summed E-state index contributed by atoms with van der Waals surface area (Å²) in [5, 5.41) is 16.9. The molecule has 0 fully saturated rings. The molecule has 0 saturated carbocycles. The molecular weight excluding hydrogens is 352 g/mol. The van der Waals surface area contributed by atoms with Gasteiger partial charge < -0.3 is 15.4 Å². The molecule has 1 aromatic heterocycles. The molecule has 0 bridgehead atoms. The van der Waals surface area contributed by atoms with Crippen LogP contribution in [0.25, 0.3) is 0 Å². The Morgan fingerprint density at radius 3 is 2.85 bits per heavy atom. The van der Waals surface area contributed by atoms with Crippen LogP contribution < -0.4 is 10.6 Å². The van der Waals surface area contributed by atoms with Crippen molar-refractivity contribution in [3.63, 3.8) is 0 Å². The Bertz CT molecular complexity index is 811. The van der Waals surface area contributed by atoms with Crippen LogP contribution in [0.1, 0.15) is 36.3 Å². The van der Waals surface area contributed by atoms with Crippen LogP contribution in [0.4, 0.5) is 10.8 Å². The van der Waals surface area contributed by atoms with E-state index in [1.807, 2.05) is 6.07 Å². The van der Waals surface area contributed by atoms with E-state index < -0.39 is 18.5 Å². The molecule has 0 radical (unpaired) electrons. The third-order valence-electron chi connectivity index (χ3n) is 3.37. The number of rotatable bonds is 8. The first-order valence-electron chi connectivity index (χ1n) is 8.15. The van der Waals surface area contributed by atoms with Crippen molar-refractivity contribution in [2.75, 3.05) is 23.8 Å². The first-order chi connectivity index (χ1) is 12.5. The van der Waals surface area contributed by atoms with Gasteiger partial charge in [-0.1, -0.05) is 26.0 Å². The number of nitriles is 1. The van der Waals surface area contributed by atoms with E-state index in [1.165, 1.54) is 11.3 Å². The molecular formula is C18H20N4O3S. The number of anilines is 2. The van der Waals surface area contributed by atoms with Crippen molar-refractivity contribution < 1.29 is 14.3 Å². The zero-order valence-electron chi connectivity index (χ0n) is 14.6. The molecule has 1 aromatic carbocycles. The van der Waals surface area contributed by atoms with Crippen molar-refractivity contribution >= 4 is 34.0 Å². The fourth-order valence-corrected chi connectivity index (χ4v) is 2.71. The van der Waals surface area contributed by atoms with Gasteiger partial charge in [-0.2, -0.15) is 5.26 Å². The molecule has 0 aliphatic carbocycles. The maximum absolute atomic E-state index is 12.0. The Kier molecular flexibility index (Phi) is 7.12. The van der Waals surface area contributed by atoms with Gasteiger partial charge in [0, 0.05) is 11.9 Å². The predicted molar refractivity (Wildman–Crippen MR) is 100 cm³/mol. The average molecular weight is 372 g/mol. The molecule has 1 heterocycles. The Morgan fingerprint density at radius 2 is 2.12 bits per heavy atom. The molecule has 136 valence electrons. The third kappa shape index (κ3) is 5.86. The van der Waals surface area contributed by atoms with Crippen LogP contribution in [-0.4, -0.2) is 30.0 Å². The predicted octanol–water partition coefficient (Wildman–Crippen LogP) is 3.27. The van der Waals surface area contributed by atoms with Gasteiger partial charge in [-0.25, -0.2) is 9.78 Å². The normalized spacial score (nSPS) is 10.2. The lowest BCUT2D eigenvalue weighted by atomic mass is 10.1. The highest BCUT2D eigenvalue weighted by atomic mass is 32.1. The van der Waals surface area contributed by atoms with E-state index in [2.05, 4.69) is 29.5 Å². The number of benzene rings is 1. The molecule has 0 unspecified atom stereocenters. The molecule has 8 heteroatoms. The zero-order valence-corrected chi connectivity index (χ0v) is 15.4. The molecule has 0 atom stereocenters. The molecule has 2 N–H and O–H groups in total. The first kappa shape index (κ1) is 19.4. The lowest BCUT2D eigenvalue weighted by Crippen LogP contribution is -2.21. The summed E-state index contributed by atoms with van der Waals surface area (Å²) in [7, 11) is 0. The van der Waals surface area contributed by atoms with E-state index in [4.69, 9.17) is 10.00 Å². The minimum Gasteiger partial charge on any atom is -0.451 e. The lowest BCUT2D eigenvalue weighted by Gasteiger charge is -2.07. The SMILES string of the molecule is CC(C)CCNc1nc(C(=O)OCC(=O)Nc2ccccc2C#N)cs1. The smallest absolute Gasteiger partial charge is 0.358 e. The van der Waals surface area contributed by atoms with Crippen molar-refractivity contribution in [2.45, 2.75) is 20.3 Å². The molecule has 26 heavy (non-hydrogen) atoms. The van der Waals surface area contributed by atoms with E-state index in [0.717, 1.165) is 13.0 Å². The van der Waals surface area contributed by atoms with Crippen molar-refractivity contribution in [3.8, 4) is 6.07 Å². The zero-order chi connectivity index (χ0) is 18.9. The number of aromatic nitrogens is 1. The van der Waals surface area contributed by atoms with Gasteiger partial charge >= 0.3 is 5.97 Å². The molecule has 0 aliphatic rings. The summed E-state index contributed by atoms with van der Waals surface area (Å²) >= 11 is 1.31. The number of ether oxygens (including phenoxy) is 1. The highest BCUT2D eigenvalue weighted by Crippen LogP contribution is 2.17. The maximum atomic E-state index is 12.0. The summed E-state index contributed by atoms with van der Waals surface area (Å²) in [4.78, 5) is 28.0. The highest BCUT2D eigenvalue weighted by molar-refractivity contribution is 7.13. The van der Waals surface area contributed by atoms with Gasteiger partial charge in [0.05, 0.1) is 11.3 Å². The van der Waals surface area contributed by atoms with Crippen LogP contribution in [-0.2, 0) is 9.53 Å². The van der Waals surface area contributed by atoms with Crippen molar-refractivity contribution in [1.29, 1.82) is 5.26 Å². The Labute approximate surface area is 156 Å². The Morgan fingerprint density at radius 1 is 1.35 bits per heavy atom. The molecule has 1 amide bonds. The number of carbonyl (C=O) groups excluding carboxylic acids is 2. The minimum absolute atomic E-state index is 0.160. The second kappa shape index (κ2) is 9.53. The average Bonchev–Trinajstić information content (AvgIpc) is 3.09. The topological polar surface area (TPSA) is 104 Å². The summed E-state index contributed by atoms with van der Waals surface area (Å²) in [6.45, 7) is 4.59.